The first-order valence-corrected chi connectivity index (χ1v) is 7.21. The maximum Gasteiger partial charge on any atom is 0.251 e. The number of anilines is 1. The molecule has 2 N–H and O–H groups in total. The molecular formula is C16H26N2O3. The molecule has 0 fully saturated rings. The fraction of sp³-hybridized carbons (Fsp3) is 0.562. The van der Waals surface area contributed by atoms with Crippen molar-refractivity contribution in [2.24, 2.45) is 5.92 Å². The van der Waals surface area contributed by atoms with Crippen molar-refractivity contribution in [2.75, 3.05) is 38.8 Å². The third-order valence-electron chi connectivity index (χ3n) is 2.91. The average molecular weight is 294 g/mol. The van der Waals surface area contributed by atoms with Crippen molar-refractivity contribution in [3.8, 4) is 0 Å². The van der Waals surface area contributed by atoms with E-state index in [1.54, 1.807) is 12.1 Å². The Morgan fingerprint density at radius 2 is 1.86 bits per heavy atom. The molecule has 5 heteroatoms. The summed E-state index contributed by atoms with van der Waals surface area (Å²) in [5.41, 5.74) is 1.62. The summed E-state index contributed by atoms with van der Waals surface area (Å²) >= 11 is 0. The second kappa shape index (κ2) is 8.64. The van der Waals surface area contributed by atoms with E-state index in [4.69, 9.17) is 4.74 Å². The van der Waals surface area contributed by atoms with Gasteiger partial charge in [0.2, 0.25) is 0 Å². The van der Waals surface area contributed by atoms with Crippen molar-refractivity contribution in [3.05, 3.63) is 29.8 Å². The summed E-state index contributed by atoms with van der Waals surface area (Å²) in [6.07, 6.45) is -0.686. The van der Waals surface area contributed by atoms with E-state index in [2.05, 4.69) is 5.32 Å². The van der Waals surface area contributed by atoms with Crippen molar-refractivity contribution < 1.29 is 14.6 Å². The zero-order valence-corrected chi connectivity index (χ0v) is 13.3. The Bertz CT molecular complexity index is 430. The van der Waals surface area contributed by atoms with Crippen LogP contribution in [-0.4, -0.2) is 51.0 Å². The molecule has 5 nitrogen and oxygen atoms in total. The third-order valence-corrected chi connectivity index (χ3v) is 2.91. The maximum absolute atomic E-state index is 11.9. The normalized spacial score (nSPS) is 12.3. The lowest BCUT2D eigenvalue weighted by atomic mass is 10.2. The van der Waals surface area contributed by atoms with E-state index in [0.717, 1.165) is 5.69 Å². The van der Waals surface area contributed by atoms with Gasteiger partial charge in [-0.25, -0.2) is 0 Å². The Kier molecular flexibility index (Phi) is 7.19. The molecule has 0 aliphatic heterocycles. The van der Waals surface area contributed by atoms with Gasteiger partial charge in [-0.2, -0.15) is 0 Å². The molecule has 1 rings (SSSR count). The van der Waals surface area contributed by atoms with E-state index < -0.39 is 6.10 Å². The molecule has 0 aromatic heterocycles. The SMILES string of the molecule is CC(C)COCC(O)CNC(=O)c1ccc(N(C)C)cc1. The van der Waals surface area contributed by atoms with Gasteiger partial charge in [0.1, 0.15) is 0 Å². The zero-order valence-electron chi connectivity index (χ0n) is 13.3. The second-order valence-corrected chi connectivity index (χ2v) is 5.74. The minimum absolute atomic E-state index is 0.187. The summed E-state index contributed by atoms with van der Waals surface area (Å²) in [7, 11) is 3.89. The number of amides is 1. The Balaban J connectivity index is 2.36. The highest BCUT2D eigenvalue weighted by molar-refractivity contribution is 5.94. The average Bonchev–Trinajstić information content (AvgIpc) is 2.44. The lowest BCUT2D eigenvalue weighted by molar-refractivity contribution is 0.0259. The maximum atomic E-state index is 11.9. The zero-order chi connectivity index (χ0) is 15.8. The summed E-state index contributed by atoms with van der Waals surface area (Å²) < 4.78 is 5.33. The van der Waals surface area contributed by atoms with Gasteiger partial charge in [-0.3, -0.25) is 4.79 Å². The molecule has 0 saturated heterocycles. The number of nitrogens with one attached hydrogen (secondary N) is 1. The van der Waals surface area contributed by atoms with Crippen molar-refractivity contribution in [2.45, 2.75) is 20.0 Å². The minimum Gasteiger partial charge on any atom is -0.389 e. The number of carbonyl (C=O) groups is 1. The number of ether oxygens (including phenoxy) is 1. The number of rotatable bonds is 8. The minimum atomic E-state index is -0.686. The quantitative estimate of drug-likeness (QED) is 0.763. The summed E-state index contributed by atoms with van der Waals surface area (Å²) in [6, 6.07) is 7.31. The largest absolute Gasteiger partial charge is 0.389 e. The van der Waals surface area contributed by atoms with E-state index in [1.807, 2.05) is 45.0 Å². The predicted molar refractivity (Wildman–Crippen MR) is 84.8 cm³/mol. The van der Waals surface area contributed by atoms with Gasteiger partial charge >= 0.3 is 0 Å². The highest BCUT2D eigenvalue weighted by Gasteiger charge is 2.09. The molecule has 1 aromatic rings. The molecule has 0 aliphatic carbocycles. The van der Waals surface area contributed by atoms with E-state index in [-0.39, 0.29) is 19.1 Å². The molecule has 0 saturated carbocycles. The van der Waals surface area contributed by atoms with Crippen LogP contribution in [0, 0.1) is 5.92 Å². The van der Waals surface area contributed by atoms with Gasteiger partial charge in [0.25, 0.3) is 5.91 Å². The first-order valence-electron chi connectivity index (χ1n) is 7.21. The molecule has 0 heterocycles. The smallest absolute Gasteiger partial charge is 0.251 e. The number of aliphatic hydroxyl groups is 1. The van der Waals surface area contributed by atoms with Crippen LogP contribution in [0.3, 0.4) is 0 Å². The number of benzene rings is 1. The molecule has 0 aliphatic rings. The first-order chi connectivity index (χ1) is 9.90. The Morgan fingerprint density at radius 1 is 1.24 bits per heavy atom. The molecule has 0 radical (unpaired) electrons. The monoisotopic (exact) mass is 294 g/mol. The van der Waals surface area contributed by atoms with Crippen LogP contribution < -0.4 is 10.2 Å². The summed E-state index contributed by atoms with van der Waals surface area (Å²) in [6.45, 7) is 5.12. The van der Waals surface area contributed by atoms with Crippen LogP contribution in [0.1, 0.15) is 24.2 Å². The van der Waals surface area contributed by atoms with Gasteiger partial charge in [-0.1, -0.05) is 13.8 Å². The van der Waals surface area contributed by atoms with E-state index in [1.165, 1.54) is 0 Å². The fourth-order valence-electron chi connectivity index (χ4n) is 1.72. The predicted octanol–water partition coefficient (Wildman–Crippen LogP) is 1.52. The third kappa shape index (κ3) is 6.60. The van der Waals surface area contributed by atoms with Crippen molar-refractivity contribution in [3.63, 3.8) is 0 Å². The van der Waals surface area contributed by atoms with E-state index in [0.29, 0.717) is 18.1 Å². The van der Waals surface area contributed by atoms with Crippen LogP contribution in [0.5, 0.6) is 0 Å². The van der Waals surface area contributed by atoms with Gasteiger partial charge in [0.05, 0.1) is 12.7 Å². The number of hydrogen-bond donors (Lipinski definition) is 2. The molecule has 1 amide bonds. The molecule has 1 unspecified atom stereocenters. The standard InChI is InChI=1S/C16H26N2O3/c1-12(2)10-21-11-15(19)9-17-16(20)13-5-7-14(8-6-13)18(3)4/h5-8,12,15,19H,9-11H2,1-4H3,(H,17,20). The van der Waals surface area contributed by atoms with Crippen molar-refractivity contribution in [1.29, 1.82) is 0 Å². The van der Waals surface area contributed by atoms with E-state index in [9.17, 15) is 9.90 Å². The van der Waals surface area contributed by atoms with Crippen LogP contribution in [0.2, 0.25) is 0 Å². The molecule has 21 heavy (non-hydrogen) atoms. The van der Waals surface area contributed by atoms with Crippen LogP contribution in [0.4, 0.5) is 5.69 Å². The first kappa shape index (κ1) is 17.5. The van der Waals surface area contributed by atoms with Crippen LogP contribution >= 0.6 is 0 Å². The van der Waals surface area contributed by atoms with Gasteiger partial charge in [0, 0.05) is 38.5 Å². The Hall–Kier alpha value is -1.59. The Labute approximate surface area is 126 Å². The van der Waals surface area contributed by atoms with Gasteiger partial charge in [-0.05, 0) is 30.2 Å². The lowest BCUT2D eigenvalue weighted by Crippen LogP contribution is -2.34. The highest BCUT2D eigenvalue weighted by Crippen LogP contribution is 2.12. The molecular weight excluding hydrogens is 268 g/mol. The van der Waals surface area contributed by atoms with Crippen LogP contribution in [-0.2, 0) is 4.74 Å². The molecule has 118 valence electrons. The van der Waals surface area contributed by atoms with Crippen LogP contribution in [0.25, 0.3) is 0 Å². The van der Waals surface area contributed by atoms with Crippen molar-refractivity contribution >= 4 is 11.6 Å². The highest BCUT2D eigenvalue weighted by atomic mass is 16.5. The van der Waals surface area contributed by atoms with Crippen LogP contribution in [0.15, 0.2) is 24.3 Å². The van der Waals surface area contributed by atoms with E-state index >= 15 is 0 Å². The summed E-state index contributed by atoms with van der Waals surface area (Å²) in [5, 5.41) is 12.4. The molecule has 0 spiro atoms. The van der Waals surface area contributed by atoms with Crippen molar-refractivity contribution in [1.82, 2.24) is 5.32 Å². The topological polar surface area (TPSA) is 61.8 Å². The summed E-state index contributed by atoms with van der Waals surface area (Å²) in [5.74, 6) is 0.241. The molecule has 1 atom stereocenters. The van der Waals surface area contributed by atoms with Gasteiger partial charge in [0.15, 0.2) is 0 Å². The summed E-state index contributed by atoms with van der Waals surface area (Å²) in [4.78, 5) is 13.9. The number of aliphatic hydroxyl groups excluding tert-OH is 1. The fourth-order valence-corrected chi connectivity index (χ4v) is 1.72. The number of carbonyl (C=O) groups excluding carboxylic acids is 1. The Morgan fingerprint density at radius 3 is 2.38 bits per heavy atom. The second-order valence-electron chi connectivity index (χ2n) is 5.74. The molecule has 1 aromatic carbocycles. The van der Waals surface area contributed by atoms with Gasteiger partial charge in [-0.15, -0.1) is 0 Å². The lowest BCUT2D eigenvalue weighted by Gasteiger charge is -2.14. The molecule has 0 bridgehead atoms. The number of nitrogens with zero attached hydrogens (tertiary/aromatic N) is 1. The van der Waals surface area contributed by atoms with Gasteiger partial charge < -0.3 is 20.1 Å². The number of hydrogen-bond acceptors (Lipinski definition) is 4.